The first kappa shape index (κ1) is 10.2. The van der Waals surface area contributed by atoms with Gasteiger partial charge < -0.3 is 0 Å². The molecule has 0 radical (unpaired) electrons. The summed E-state index contributed by atoms with van der Waals surface area (Å²) in [6.45, 7) is 1.89. The number of nitrogens with zero attached hydrogens (tertiary/aromatic N) is 1. The minimum Gasteiger partial charge on any atom is -0.258 e. The normalized spacial score (nSPS) is 10.0. The molecule has 1 aromatic rings. The molecule has 0 bridgehead atoms. The third-order valence-corrected chi connectivity index (χ3v) is 2.32. The van der Waals surface area contributed by atoms with E-state index in [1.807, 2.05) is 13.0 Å². The average Bonchev–Trinajstić information content (AvgIpc) is 2.08. The number of hydrogen-bond donors (Lipinski definition) is 0. The second-order valence-electron chi connectivity index (χ2n) is 2.77. The molecule has 0 fully saturated rings. The summed E-state index contributed by atoms with van der Waals surface area (Å²) in [5.74, 6) is 0. The van der Waals surface area contributed by atoms with Crippen molar-refractivity contribution >= 4 is 21.6 Å². The number of nitro groups is 1. The Balaban J connectivity index is 3.17. The number of benzene rings is 1. The summed E-state index contributed by atoms with van der Waals surface area (Å²) in [5, 5.41) is 11.4. The Morgan fingerprint density at radius 3 is 2.77 bits per heavy atom. The molecule has 1 rings (SSSR count). The van der Waals surface area contributed by atoms with Crippen molar-refractivity contribution in [2.45, 2.75) is 13.3 Å². The molecular weight excluding hydrogens is 234 g/mol. The number of rotatable bonds is 3. The fourth-order valence-electron chi connectivity index (χ4n) is 1.28. The van der Waals surface area contributed by atoms with Gasteiger partial charge in [-0.25, -0.2) is 0 Å². The molecule has 1 aromatic carbocycles. The van der Waals surface area contributed by atoms with E-state index in [2.05, 4.69) is 15.9 Å². The van der Waals surface area contributed by atoms with E-state index in [0.717, 1.165) is 16.5 Å². The van der Waals surface area contributed by atoms with Crippen LogP contribution in [0.5, 0.6) is 0 Å². The number of alkyl halides is 1. The van der Waals surface area contributed by atoms with Gasteiger partial charge in [0.2, 0.25) is 0 Å². The van der Waals surface area contributed by atoms with E-state index in [-0.39, 0.29) is 10.6 Å². The molecule has 0 aliphatic heterocycles. The summed E-state index contributed by atoms with van der Waals surface area (Å²) in [4.78, 5) is 10.3. The third-order valence-electron chi connectivity index (χ3n) is 1.93. The summed E-state index contributed by atoms with van der Waals surface area (Å²) in [6.07, 6.45) is 0.697. The first-order valence-corrected chi connectivity index (χ1v) is 5.08. The lowest BCUT2D eigenvalue weighted by Gasteiger charge is -2.03. The Morgan fingerprint density at radius 2 is 2.23 bits per heavy atom. The van der Waals surface area contributed by atoms with Gasteiger partial charge in [0.05, 0.1) is 4.92 Å². The Hall–Kier alpha value is -0.900. The zero-order valence-corrected chi connectivity index (χ0v) is 8.87. The SMILES string of the molecule is Cc1cccc([N+](=O)[O-])c1CCBr. The van der Waals surface area contributed by atoms with Crippen LogP contribution in [-0.4, -0.2) is 10.3 Å². The van der Waals surface area contributed by atoms with Crippen molar-refractivity contribution in [2.24, 2.45) is 0 Å². The molecule has 0 saturated heterocycles. The molecule has 0 aliphatic rings. The molecule has 13 heavy (non-hydrogen) atoms. The fourth-order valence-corrected chi connectivity index (χ4v) is 1.67. The van der Waals surface area contributed by atoms with Gasteiger partial charge >= 0.3 is 0 Å². The molecule has 0 aromatic heterocycles. The van der Waals surface area contributed by atoms with Gasteiger partial charge in [-0.05, 0) is 18.9 Å². The van der Waals surface area contributed by atoms with Crippen molar-refractivity contribution in [1.29, 1.82) is 0 Å². The highest BCUT2D eigenvalue weighted by molar-refractivity contribution is 9.09. The smallest absolute Gasteiger partial charge is 0.258 e. The second-order valence-corrected chi connectivity index (χ2v) is 3.56. The van der Waals surface area contributed by atoms with Crippen LogP contribution < -0.4 is 0 Å². The molecule has 0 atom stereocenters. The number of halogens is 1. The minimum atomic E-state index is -0.328. The van der Waals surface area contributed by atoms with Gasteiger partial charge in [0, 0.05) is 17.0 Å². The lowest BCUT2D eigenvalue weighted by Crippen LogP contribution is -1.98. The van der Waals surface area contributed by atoms with Crippen LogP contribution in [-0.2, 0) is 6.42 Å². The van der Waals surface area contributed by atoms with E-state index >= 15 is 0 Å². The van der Waals surface area contributed by atoms with E-state index < -0.39 is 0 Å². The average molecular weight is 244 g/mol. The summed E-state index contributed by atoms with van der Waals surface area (Å²) in [6, 6.07) is 5.15. The second kappa shape index (κ2) is 4.37. The first-order chi connectivity index (χ1) is 6.16. The van der Waals surface area contributed by atoms with Gasteiger partial charge in [0.15, 0.2) is 0 Å². The molecule has 0 heterocycles. The molecule has 0 aliphatic carbocycles. The zero-order valence-electron chi connectivity index (χ0n) is 7.29. The topological polar surface area (TPSA) is 43.1 Å². The van der Waals surface area contributed by atoms with Crippen molar-refractivity contribution in [3.05, 3.63) is 39.4 Å². The highest BCUT2D eigenvalue weighted by atomic mass is 79.9. The lowest BCUT2D eigenvalue weighted by atomic mass is 10.0. The molecule has 4 heteroatoms. The van der Waals surface area contributed by atoms with E-state index in [1.165, 1.54) is 0 Å². The maximum Gasteiger partial charge on any atom is 0.272 e. The Labute approximate surface area is 85.0 Å². The van der Waals surface area contributed by atoms with Gasteiger partial charge in [-0.15, -0.1) is 0 Å². The van der Waals surface area contributed by atoms with Gasteiger partial charge in [0.1, 0.15) is 0 Å². The van der Waals surface area contributed by atoms with Crippen LogP contribution in [0.1, 0.15) is 11.1 Å². The predicted octanol–water partition coefficient (Wildman–Crippen LogP) is 2.84. The van der Waals surface area contributed by atoms with Crippen LogP contribution in [0.25, 0.3) is 0 Å². The first-order valence-electron chi connectivity index (χ1n) is 3.95. The Kier molecular flexibility index (Phi) is 3.42. The molecule has 0 unspecified atom stereocenters. The summed E-state index contributed by atoms with van der Waals surface area (Å²) in [7, 11) is 0. The summed E-state index contributed by atoms with van der Waals surface area (Å²) < 4.78 is 0. The number of nitro benzene ring substituents is 1. The fraction of sp³-hybridized carbons (Fsp3) is 0.333. The van der Waals surface area contributed by atoms with Crippen molar-refractivity contribution in [3.63, 3.8) is 0 Å². The number of hydrogen-bond acceptors (Lipinski definition) is 2. The Bertz CT molecular complexity index is 325. The maximum atomic E-state index is 10.6. The molecule has 0 N–H and O–H groups in total. The zero-order chi connectivity index (χ0) is 9.84. The molecule has 3 nitrogen and oxygen atoms in total. The van der Waals surface area contributed by atoms with Gasteiger partial charge in [-0.3, -0.25) is 10.1 Å². The largest absolute Gasteiger partial charge is 0.272 e. The minimum absolute atomic E-state index is 0.222. The molecular formula is C9H10BrNO2. The molecule has 0 amide bonds. The Morgan fingerprint density at radius 1 is 1.54 bits per heavy atom. The highest BCUT2D eigenvalue weighted by Gasteiger charge is 2.13. The van der Waals surface area contributed by atoms with Gasteiger partial charge in [-0.1, -0.05) is 28.1 Å². The third kappa shape index (κ3) is 2.28. The standard InChI is InChI=1S/C9H10BrNO2/c1-7-3-2-4-9(11(12)13)8(7)5-6-10/h2-4H,5-6H2,1H3. The van der Waals surface area contributed by atoms with Crippen LogP contribution in [0.4, 0.5) is 5.69 Å². The van der Waals surface area contributed by atoms with Gasteiger partial charge in [0.25, 0.3) is 5.69 Å². The maximum absolute atomic E-state index is 10.6. The van der Waals surface area contributed by atoms with Crippen LogP contribution in [0.3, 0.4) is 0 Å². The van der Waals surface area contributed by atoms with Crippen LogP contribution in [0.2, 0.25) is 0 Å². The van der Waals surface area contributed by atoms with Crippen molar-refractivity contribution in [3.8, 4) is 0 Å². The van der Waals surface area contributed by atoms with Crippen LogP contribution >= 0.6 is 15.9 Å². The summed E-state index contributed by atoms with van der Waals surface area (Å²) in [5.41, 5.74) is 2.03. The summed E-state index contributed by atoms with van der Waals surface area (Å²) >= 11 is 3.28. The molecule has 0 saturated carbocycles. The monoisotopic (exact) mass is 243 g/mol. The van der Waals surface area contributed by atoms with Crippen molar-refractivity contribution in [1.82, 2.24) is 0 Å². The quantitative estimate of drug-likeness (QED) is 0.466. The predicted molar refractivity (Wildman–Crippen MR) is 55.3 cm³/mol. The van der Waals surface area contributed by atoms with Crippen molar-refractivity contribution in [2.75, 3.05) is 5.33 Å². The van der Waals surface area contributed by atoms with Crippen molar-refractivity contribution < 1.29 is 4.92 Å². The highest BCUT2D eigenvalue weighted by Crippen LogP contribution is 2.22. The molecule has 70 valence electrons. The molecule has 0 spiro atoms. The van der Waals surface area contributed by atoms with Crippen LogP contribution in [0, 0.1) is 17.0 Å². The van der Waals surface area contributed by atoms with E-state index in [9.17, 15) is 10.1 Å². The lowest BCUT2D eigenvalue weighted by molar-refractivity contribution is -0.385. The number of aryl methyl sites for hydroxylation is 1. The van der Waals surface area contributed by atoms with E-state index in [1.54, 1.807) is 12.1 Å². The van der Waals surface area contributed by atoms with Crippen LogP contribution in [0.15, 0.2) is 18.2 Å². The van der Waals surface area contributed by atoms with E-state index in [4.69, 9.17) is 0 Å². The van der Waals surface area contributed by atoms with Gasteiger partial charge in [-0.2, -0.15) is 0 Å². The van der Waals surface area contributed by atoms with E-state index in [0.29, 0.717) is 6.42 Å².